The maximum atomic E-state index is 12.5. The second-order valence-corrected chi connectivity index (χ2v) is 7.41. The van der Waals surface area contributed by atoms with Gasteiger partial charge in [-0.2, -0.15) is 0 Å². The van der Waals surface area contributed by atoms with E-state index in [4.69, 9.17) is 23.2 Å². The number of sulfonamides is 1. The van der Waals surface area contributed by atoms with Crippen LogP contribution in [-0.2, 0) is 16.6 Å². The molecule has 0 aliphatic heterocycles. The smallest absolute Gasteiger partial charge is 0.244 e. The lowest BCUT2D eigenvalue weighted by molar-refractivity contribution is 0.459. The first kappa shape index (κ1) is 17.7. The molecule has 0 spiro atoms. The van der Waals surface area contributed by atoms with Crippen LogP contribution in [0.2, 0.25) is 10.0 Å². The Balaban J connectivity index is 3.20. The van der Waals surface area contributed by atoms with Gasteiger partial charge in [-0.3, -0.25) is 0 Å². The van der Waals surface area contributed by atoms with Gasteiger partial charge in [-0.05, 0) is 31.2 Å². The molecule has 0 heterocycles. The number of benzene rings is 1. The highest BCUT2D eigenvalue weighted by Gasteiger charge is 2.24. The third-order valence-corrected chi connectivity index (χ3v) is 5.66. The summed E-state index contributed by atoms with van der Waals surface area (Å²) in [5.41, 5.74) is 0.709. The summed E-state index contributed by atoms with van der Waals surface area (Å²) in [7, 11) is -0.251. The van der Waals surface area contributed by atoms with E-state index in [9.17, 15) is 8.42 Å². The van der Waals surface area contributed by atoms with Crippen molar-refractivity contribution in [1.82, 2.24) is 9.62 Å². The van der Waals surface area contributed by atoms with E-state index >= 15 is 0 Å². The fraction of sp³-hybridized carbons (Fsp3) is 0.538. The van der Waals surface area contributed by atoms with E-state index in [0.717, 1.165) is 12.8 Å². The first-order valence-electron chi connectivity index (χ1n) is 6.43. The molecule has 0 aliphatic rings. The lowest BCUT2D eigenvalue weighted by Gasteiger charge is -2.18. The predicted molar refractivity (Wildman–Crippen MR) is 83.9 cm³/mol. The molecule has 0 atom stereocenters. The van der Waals surface area contributed by atoms with Crippen LogP contribution in [0.3, 0.4) is 0 Å². The minimum atomic E-state index is -3.58. The Labute approximate surface area is 131 Å². The largest absolute Gasteiger partial charge is 0.316 e. The van der Waals surface area contributed by atoms with Crippen molar-refractivity contribution >= 4 is 33.2 Å². The van der Waals surface area contributed by atoms with Gasteiger partial charge in [-0.25, -0.2) is 12.7 Å². The van der Waals surface area contributed by atoms with Crippen LogP contribution in [0.4, 0.5) is 0 Å². The van der Waals surface area contributed by atoms with E-state index in [1.54, 1.807) is 20.2 Å². The molecule has 7 heteroatoms. The molecule has 0 saturated heterocycles. The van der Waals surface area contributed by atoms with Gasteiger partial charge in [0.25, 0.3) is 0 Å². The molecule has 0 radical (unpaired) electrons. The van der Waals surface area contributed by atoms with Crippen LogP contribution in [0, 0.1) is 0 Å². The van der Waals surface area contributed by atoms with Crippen molar-refractivity contribution in [3.63, 3.8) is 0 Å². The molecule has 1 aromatic carbocycles. The van der Waals surface area contributed by atoms with Crippen LogP contribution in [0.1, 0.15) is 25.3 Å². The first-order valence-corrected chi connectivity index (χ1v) is 8.63. The molecule has 0 fully saturated rings. The maximum Gasteiger partial charge on any atom is 0.244 e. The average molecular weight is 339 g/mol. The van der Waals surface area contributed by atoms with Crippen molar-refractivity contribution in [1.29, 1.82) is 0 Å². The van der Waals surface area contributed by atoms with Crippen molar-refractivity contribution in [2.45, 2.75) is 31.2 Å². The Kier molecular flexibility index (Phi) is 6.75. The van der Waals surface area contributed by atoms with Gasteiger partial charge < -0.3 is 5.32 Å². The Bertz CT molecular complexity index is 562. The minimum Gasteiger partial charge on any atom is -0.316 e. The van der Waals surface area contributed by atoms with E-state index in [1.807, 2.05) is 6.92 Å². The van der Waals surface area contributed by atoms with Crippen LogP contribution in [-0.4, -0.2) is 33.4 Å². The van der Waals surface area contributed by atoms with Gasteiger partial charge in [0.05, 0.1) is 5.02 Å². The third-order valence-electron chi connectivity index (χ3n) is 2.98. The van der Waals surface area contributed by atoms with Crippen LogP contribution in [0.25, 0.3) is 0 Å². The van der Waals surface area contributed by atoms with Crippen LogP contribution < -0.4 is 5.32 Å². The average Bonchev–Trinajstić information content (AvgIpc) is 2.38. The van der Waals surface area contributed by atoms with Gasteiger partial charge in [0.1, 0.15) is 4.90 Å². The summed E-state index contributed by atoms with van der Waals surface area (Å²) in [5.74, 6) is 0. The zero-order valence-corrected chi connectivity index (χ0v) is 14.2. The Morgan fingerprint density at radius 2 is 1.90 bits per heavy atom. The van der Waals surface area contributed by atoms with Gasteiger partial charge >= 0.3 is 0 Å². The van der Waals surface area contributed by atoms with Crippen molar-refractivity contribution in [2.24, 2.45) is 0 Å². The maximum absolute atomic E-state index is 12.5. The molecule has 0 unspecified atom stereocenters. The second kappa shape index (κ2) is 7.61. The van der Waals surface area contributed by atoms with Crippen LogP contribution >= 0.6 is 23.2 Å². The van der Waals surface area contributed by atoms with Crippen molar-refractivity contribution in [2.75, 3.05) is 20.6 Å². The lowest BCUT2D eigenvalue weighted by Crippen LogP contribution is -2.28. The van der Waals surface area contributed by atoms with Gasteiger partial charge in [0.15, 0.2) is 0 Å². The molecule has 0 bridgehead atoms. The third kappa shape index (κ3) is 4.09. The molecular weight excluding hydrogens is 319 g/mol. The van der Waals surface area contributed by atoms with Gasteiger partial charge in [0, 0.05) is 25.2 Å². The molecule has 1 aromatic rings. The van der Waals surface area contributed by atoms with Gasteiger partial charge in [0.2, 0.25) is 10.0 Å². The summed E-state index contributed by atoms with van der Waals surface area (Å²) in [6.45, 7) is 2.97. The second-order valence-electron chi connectivity index (χ2n) is 4.58. The predicted octanol–water partition coefficient (Wildman–Crippen LogP) is 3.13. The highest BCUT2D eigenvalue weighted by atomic mass is 35.5. The molecule has 1 rings (SSSR count). The number of rotatable bonds is 7. The fourth-order valence-corrected chi connectivity index (χ4v) is 3.81. The summed E-state index contributed by atoms with van der Waals surface area (Å²) in [6, 6.07) is 3.02. The van der Waals surface area contributed by atoms with E-state index in [0.29, 0.717) is 23.7 Å². The number of unbranched alkanes of at least 4 members (excludes halogenated alkanes) is 1. The molecule has 1 N–H and O–H groups in total. The molecule has 0 saturated carbocycles. The zero-order valence-electron chi connectivity index (χ0n) is 11.9. The topological polar surface area (TPSA) is 49.4 Å². The highest BCUT2D eigenvalue weighted by molar-refractivity contribution is 7.89. The molecule has 20 heavy (non-hydrogen) atoms. The summed E-state index contributed by atoms with van der Waals surface area (Å²) >= 11 is 12.1. The Hall–Kier alpha value is -0.330. The Morgan fingerprint density at radius 1 is 1.25 bits per heavy atom. The fourth-order valence-electron chi connectivity index (χ4n) is 1.76. The van der Waals surface area contributed by atoms with Gasteiger partial charge in [-0.15, -0.1) is 0 Å². The van der Waals surface area contributed by atoms with Crippen LogP contribution in [0.5, 0.6) is 0 Å². The van der Waals surface area contributed by atoms with Crippen LogP contribution in [0.15, 0.2) is 17.0 Å². The molecule has 0 aromatic heterocycles. The molecule has 4 nitrogen and oxygen atoms in total. The number of hydrogen-bond donors (Lipinski definition) is 1. The summed E-state index contributed by atoms with van der Waals surface area (Å²) in [5, 5.41) is 3.56. The van der Waals surface area contributed by atoms with E-state index in [1.165, 1.54) is 10.4 Å². The molecular formula is C13H20Cl2N2O2S. The summed E-state index contributed by atoms with van der Waals surface area (Å²) in [6.07, 6.45) is 1.74. The van der Waals surface area contributed by atoms with Crippen molar-refractivity contribution < 1.29 is 8.42 Å². The van der Waals surface area contributed by atoms with E-state index in [-0.39, 0.29) is 9.92 Å². The van der Waals surface area contributed by atoms with Crippen molar-refractivity contribution in [3.8, 4) is 0 Å². The highest BCUT2D eigenvalue weighted by Crippen LogP contribution is 2.30. The Morgan fingerprint density at radius 3 is 2.45 bits per heavy atom. The lowest BCUT2D eigenvalue weighted by atomic mass is 10.2. The minimum absolute atomic E-state index is 0.104. The SMILES string of the molecule is CCCCN(C)S(=O)(=O)c1cc(CNC)c(Cl)cc1Cl. The molecule has 0 amide bonds. The number of hydrogen-bond acceptors (Lipinski definition) is 3. The monoisotopic (exact) mass is 338 g/mol. The van der Waals surface area contributed by atoms with E-state index < -0.39 is 10.0 Å². The normalized spacial score (nSPS) is 12.1. The number of halogens is 2. The van der Waals surface area contributed by atoms with Gasteiger partial charge in [-0.1, -0.05) is 36.5 Å². The zero-order chi connectivity index (χ0) is 15.3. The summed E-state index contributed by atoms with van der Waals surface area (Å²) < 4.78 is 26.3. The first-order chi connectivity index (χ1) is 9.34. The molecule has 0 aliphatic carbocycles. The quantitative estimate of drug-likeness (QED) is 0.830. The molecule has 114 valence electrons. The standard InChI is InChI=1S/C13H20Cl2N2O2S/c1-4-5-6-17(3)20(18,19)13-7-10(9-16-2)11(14)8-12(13)15/h7-8,16H,4-6,9H2,1-3H3. The van der Waals surface area contributed by atoms with Crippen molar-refractivity contribution in [3.05, 3.63) is 27.7 Å². The number of nitrogens with one attached hydrogen (secondary N) is 1. The van der Waals surface area contributed by atoms with E-state index in [2.05, 4.69) is 5.32 Å². The summed E-state index contributed by atoms with van der Waals surface area (Å²) in [4.78, 5) is 0.104. The number of nitrogens with zero attached hydrogens (tertiary/aromatic N) is 1.